The van der Waals surface area contributed by atoms with E-state index < -0.39 is 23.1 Å². The van der Waals surface area contributed by atoms with Gasteiger partial charge in [0.05, 0.1) is 18.7 Å². The van der Waals surface area contributed by atoms with Crippen LogP contribution in [0.4, 0.5) is 24.8 Å². The molecular formula is C24H19F3N4O2. The number of nitrogens with zero attached hydrogens (tertiary/aromatic N) is 3. The van der Waals surface area contributed by atoms with E-state index in [9.17, 15) is 22.8 Å². The maximum absolute atomic E-state index is 13.3. The van der Waals surface area contributed by atoms with Crippen LogP contribution >= 0.6 is 0 Å². The monoisotopic (exact) mass is 452 g/mol. The van der Waals surface area contributed by atoms with Gasteiger partial charge in [0.15, 0.2) is 0 Å². The van der Waals surface area contributed by atoms with Gasteiger partial charge in [0.1, 0.15) is 0 Å². The van der Waals surface area contributed by atoms with Crippen molar-refractivity contribution in [2.75, 3.05) is 5.32 Å². The Morgan fingerprint density at radius 2 is 1.33 bits per heavy atom. The number of aromatic nitrogens is 3. The van der Waals surface area contributed by atoms with Crippen molar-refractivity contribution in [2.24, 2.45) is 0 Å². The molecule has 0 amide bonds. The lowest BCUT2D eigenvalue weighted by Gasteiger charge is -2.16. The molecule has 3 aromatic carbocycles. The molecule has 0 saturated carbocycles. The molecular weight excluding hydrogens is 433 g/mol. The molecule has 0 spiro atoms. The maximum atomic E-state index is 13.3. The number of benzene rings is 3. The van der Waals surface area contributed by atoms with E-state index in [-0.39, 0.29) is 24.7 Å². The first kappa shape index (κ1) is 22.1. The van der Waals surface area contributed by atoms with Crippen LogP contribution in [-0.2, 0) is 19.3 Å². The van der Waals surface area contributed by atoms with Crippen molar-refractivity contribution in [3.63, 3.8) is 0 Å². The third-order valence-corrected chi connectivity index (χ3v) is 4.96. The van der Waals surface area contributed by atoms with E-state index in [4.69, 9.17) is 0 Å². The van der Waals surface area contributed by atoms with Crippen LogP contribution in [-0.4, -0.2) is 14.1 Å². The summed E-state index contributed by atoms with van der Waals surface area (Å²) in [5, 5.41) is 2.72. The van der Waals surface area contributed by atoms with Gasteiger partial charge in [-0.05, 0) is 29.3 Å². The van der Waals surface area contributed by atoms with Gasteiger partial charge in [-0.25, -0.2) is 14.2 Å². The second kappa shape index (κ2) is 9.15. The van der Waals surface area contributed by atoms with Crippen LogP contribution in [0, 0.1) is 0 Å². The molecule has 0 aliphatic carbocycles. The number of nitrogens with one attached hydrogen (secondary N) is 1. The minimum atomic E-state index is -4.53. The summed E-state index contributed by atoms with van der Waals surface area (Å²) in [7, 11) is 0. The van der Waals surface area contributed by atoms with Crippen LogP contribution in [0.3, 0.4) is 0 Å². The molecule has 4 rings (SSSR count). The van der Waals surface area contributed by atoms with E-state index >= 15 is 0 Å². The van der Waals surface area contributed by atoms with Gasteiger partial charge >= 0.3 is 17.6 Å². The molecule has 6 nitrogen and oxygen atoms in total. The van der Waals surface area contributed by atoms with Crippen LogP contribution < -0.4 is 16.7 Å². The largest absolute Gasteiger partial charge is 0.416 e. The van der Waals surface area contributed by atoms with E-state index in [1.54, 1.807) is 48.5 Å². The SMILES string of the molecule is O=c1nc(Nc2cccc(C(F)(F)F)c2)n(Cc2ccccc2)c(=O)n1Cc1ccccc1. The van der Waals surface area contributed by atoms with Gasteiger partial charge in [-0.1, -0.05) is 66.7 Å². The zero-order valence-electron chi connectivity index (χ0n) is 17.3. The van der Waals surface area contributed by atoms with Crippen molar-refractivity contribution >= 4 is 11.6 Å². The summed E-state index contributed by atoms with van der Waals surface area (Å²) in [4.78, 5) is 30.0. The van der Waals surface area contributed by atoms with Crippen molar-refractivity contribution in [1.82, 2.24) is 14.1 Å². The summed E-state index contributed by atoms with van der Waals surface area (Å²) in [5.41, 5.74) is -0.734. The quantitative estimate of drug-likeness (QED) is 0.475. The van der Waals surface area contributed by atoms with Gasteiger partial charge in [0.25, 0.3) is 0 Å². The molecule has 9 heteroatoms. The molecule has 0 aliphatic heterocycles. The molecule has 168 valence electrons. The topological polar surface area (TPSA) is 68.9 Å². The lowest BCUT2D eigenvalue weighted by atomic mass is 10.2. The second-order valence-corrected chi connectivity index (χ2v) is 7.35. The highest BCUT2D eigenvalue weighted by Gasteiger charge is 2.30. The fourth-order valence-corrected chi connectivity index (χ4v) is 3.34. The summed E-state index contributed by atoms with van der Waals surface area (Å²) in [6.45, 7) is 0.0904. The molecule has 0 aliphatic rings. The van der Waals surface area contributed by atoms with Gasteiger partial charge in [-0.3, -0.25) is 4.57 Å². The average molecular weight is 452 g/mol. The number of hydrogen-bond donors (Lipinski definition) is 1. The van der Waals surface area contributed by atoms with Crippen molar-refractivity contribution in [3.8, 4) is 0 Å². The van der Waals surface area contributed by atoms with Gasteiger partial charge in [-0.15, -0.1) is 0 Å². The van der Waals surface area contributed by atoms with E-state index in [2.05, 4.69) is 10.3 Å². The summed E-state index contributed by atoms with van der Waals surface area (Å²) in [5.74, 6) is -0.141. The van der Waals surface area contributed by atoms with Crippen LogP contribution in [0.25, 0.3) is 0 Å². The Morgan fingerprint density at radius 3 is 1.91 bits per heavy atom. The summed E-state index contributed by atoms with van der Waals surface area (Å²) >= 11 is 0. The third-order valence-electron chi connectivity index (χ3n) is 4.96. The normalized spacial score (nSPS) is 11.4. The fraction of sp³-hybridized carbons (Fsp3) is 0.125. The number of hydrogen-bond acceptors (Lipinski definition) is 4. The number of halogens is 3. The van der Waals surface area contributed by atoms with Gasteiger partial charge in [0.2, 0.25) is 5.95 Å². The highest BCUT2D eigenvalue weighted by molar-refractivity contribution is 5.55. The van der Waals surface area contributed by atoms with Crippen LogP contribution in [0.5, 0.6) is 0 Å². The molecule has 33 heavy (non-hydrogen) atoms. The molecule has 4 aromatic rings. The van der Waals surface area contributed by atoms with Gasteiger partial charge in [0, 0.05) is 5.69 Å². The maximum Gasteiger partial charge on any atom is 0.416 e. The Bertz CT molecular complexity index is 1360. The highest BCUT2D eigenvalue weighted by Crippen LogP contribution is 2.31. The molecule has 0 saturated heterocycles. The highest BCUT2D eigenvalue weighted by atomic mass is 19.4. The van der Waals surface area contributed by atoms with Gasteiger partial charge in [-0.2, -0.15) is 18.2 Å². The Kier molecular flexibility index (Phi) is 6.12. The minimum absolute atomic E-state index is 0.0180. The Hall–Kier alpha value is -4.14. The smallest absolute Gasteiger partial charge is 0.325 e. The molecule has 1 aromatic heterocycles. The van der Waals surface area contributed by atoms with E-state index in [0.29, 0.717) is 0 Å². The molecule has 0 bridgehead atoms. The molecule has 1 heterocycles. The molecule has 0 fully saturated rings. The standard InChI is InChI=1S/C24H19F3N4O2/c25-24(26,27)19-12-7-13-20(14-19)28-21-29-22(32)31(16-18-10-5-2-6-11-18)23(33)30(21)15-17-8-3-1-4-9-17/h1-14H,15-16H2,(H,28,29,32). The zero-order valence-corrected chi connectivity index (χ0v) is 17.3. The van der Waals surface area contributed by atoms with E-state index in [1.165, 1.54) is 16.7 Å². The summed E-state index contributed by atoms with van der Waals surface area (Å²) in [6.07, 6.45) is -4.53. The second-order valence-electron chi connectivity index (χ2n) is 7.35. The Labute approximate surface area is 186 Å². The van der Waals surface area contributed by atoms with Crippen molar-refractivity contribution in [3.05, 3.63) is 123 Å². The predicted octanol–water partition coefficient (Wildman–Crippen LogP) is 4.26. The lowest BCUT2D eigenvalue weighted by molar-refractivity contribution is -0.137. The fourth-order valence-electron chi connectivity index (χ4n) is 3.34. The number of alkyl halides is 3. The molecule has 0 unspecified atom stereocenters. The third kappa shape index (κ3) is 5.20. The summed E-state index contributed by atoms with van der Waals surface area (Å²) < 4.78 is 41.6. The first-order valence-corrected chi connectivity index (χ1v) is 10.0. The van der Waals surface area contributed by atoms with E-state index in [1.807, 2.05) is 12.1 Å². The van der Waals surface area contributed by atoms with Crippen molar-refractivity contribution < 1.29 is 13.2 Å². The van der Waals surface area contributed by atoms with E-state index in [0.717, 1.165) is 27.8 Å². The Morgan fingerprint density at radius 1 is 0.758 bits per heavy atom. The molecule has 1 N–H and O–H groups in total. The van der Waals surface area contributed by atoms with Crippen LogP contribution in [0.2, 0.25) is 0 Å². The molecule has 0 radical (unpaired) electrons. The minimum Gasteiger partial charge on any atom is -0.325 e. The lowest BCUT2D eigenvalue weighted by Crippen LogP contribution is -2.43. The molecule has 0 atom stereocenters. The Balaban J connectivity index is 1.79. The average Bonchev–Trinajstić information content (AvgIpc) is 2.80. The first-order valence-electron chi connectivity index (χ1n) is 10.0. The van der Waals surface area contributed by atoms with Crippen molar-refractivity contribution in [1.29, 1.82) is 0 Å². The van der Waals surface area contributed by atoms with Gasteiger partial charge < -0.3 is 5.32 Å². The van der Waals surface area contributed by atoms with Crippen molar-refractivity contribution in [2.45, 2.75) is 19.3 Å². The number of anilines is 2. The first-order chi connectivity index (χ1) is 15.8. The van der Waals surface area contributed by atoms with Crippen LogP contribution in [0.1, 0.15) is 16.7 Å². The van der Waals surface area contributed by atoms with Crippen LogP contribution in [0.15, 0.2) is 94.5 Å². The predicted molar refractivity (Wildman–Crippen MR) is 119 cm³/mol. The number of rotatable bonds is 6. The zero-order chi connectivity index (χ0) is 23.4. The summed E-state index contributed by atoms with van der Waals surface area (Å²) in [6, 6.07) is 22.5.